The van der Waals surface area contributed by atoms with Gasteiger partial charge in [-0.25, -0.2) is 0 Å². The maximum atomic E-state index is 11.2. The third kappa shape index (κ3) is 1.38. The summed E-state index contributed by atoms with van der Waals surface area (Å²) in [6.07, 6.45) is 4.50. The number of allylic oxidation sites excluding steroid dienone is 1. The molecule has 2 fully saturated rings. The molecule has 4 nitrogen and oxygen atoms in total. The molecule has 0 amide bonds. The van der Waals surface area contributed by atoms with Crippen molar-refractivity contribution < 1.29 is 12.6 Å². The van der Waals surface area contributed by atoms with Crippen molar-refractivity contribution in [1.82, 2.24) is 4.72 Å². The quantitative estimate of drug-likeness (QED) is 0.704. The van der Waals surface area contributed by atoms with Crippen LogP contribution < -0.4 is 4.72 Å². The average Bonchev–Trinajstić information content (AvgIpc) is 2.58. The Labute approximate surface area is 96.3 Å². The predicted molar refractivity (Wildman–Crippen MR) is 59.9 cm³/mol. The topological polar surface area (TPSA) is 55.4 Å². The first-order chi connectivity index (χ1) is 7.40. The molecule has 2 bridgehead atoms. The Morgan fingerprint density at radius 1 is 1.50 bits per heavy atom. The molecule has 4 aliphatic rings. The predicted octanol–water partition coefficient (Wildman–Crippen LogP) is 1.21. The molecule has 1 saturated heterocycles. The van der Waals surface area contributed by atoms with E-state index >= 15 is 0 Å². The summed E-state index contributed by atoms with van der Waals surface area (Å²) in [7, 11) is -3.48. The van der Waals surface area contributed by atoms with Crippen molar-refractivity contribution in [3.63, 3.8) is 0 Å². The van der Waals surface area contributed by atoms with E-state index in [2.05, 4.69) is 24.6 Å². The minimum Gasteiger partial charge on any atom is -0.256 e. The number of nitrogens with one attached hydrogen (secondary N) is 1. The summed E-state index contributed by atoms with van der Waals surface area (Å²) in [6, 6.07) is -0.129. The number of rotatable bonds is 1. The van der Waals surface area contributed by atoms with Crippen LogP contribution >= 0.6 is 0 Å². The lowest BCUT2D eigenvalue weighted by Gasteiger charge is -2.57. The van der Waals surface area contributed by atoms with E-state index in [1.54, 1.807) is 0 Å². The molecule has 1 heterocycles. The van der Waals surface area contributed by atoms with Gasteiger partial charge in [-0.15, -0.1) is 0 Å². The molecule has 3 aliphatic carbocycles. The van der Waals surface area contributed by atoms with Gasteiger partial charge in [0.1, 0.15) is 0 Å². The Bertz CT molecular complexity index is 452. The highest BCUT2D eigenvalue weighted by atomic mass is 32.2. The Morgan fingerprint density at radius 2 is 2.25 bits per heavy atom. The fourth-order valence-corrected chi connectivity index (χ4v) is 4.29. The van der Waals surface area contributed by atoms with Crippen molar-refractivity contribution in [1.29, 1.82) is 0 Å². The van der Waals surface area contributed by atoms with Gasteiger partial charge in [0.15, 0.2) is 0 Å². The van der Waals surface area contributed by atoms with Crippen LogP contribution in [-0.4, -0.2) is 21.1 Å². The molecule has 16 heavy (non-hydrogen) atoms. The molecule has 1 N–H and O–H groups in total. The molecule has 3 atom stereocenters. The van der Waals surface area contributed by atoms with Crippen LogP contribution in [0.15, 0.2) is 11.6 Å². The monoisotopic (exact) mass is 243 g/mol. The van der Waals surface area contributed by atoms with Crippen LogP contribution in [0.5, 0.6) is 0 Å². The summed E-state index contributed by atoms with van der Waals surface area (Å²) < 4.78 is 29.7. The molecule has 0 radical (unpaired) electrons. The lowest BCUT2D eigenvalue weighted by Crippen LogP contribution is -2.51. The maximum absolute atomic E-state index is 11.2. The Hall–Kier alpha value is -0.390. The lowest BCUT2D eigenvalue weighted by atomic mass is 9.48. The van der Waals surface area contributed by atoms with E-state index in [0.717, 1.165) is 12.3 Å². The van der Waals surface area contributed by atoms with Gasteiger partial charge in [0, 0.05) is 0 Å². The van der Waals surface area contributed by atoms with Gasteiger partial charge in [0.2, 0.25) is 0 Å². The minimum absolute atomic E-state index is 0.129. The van der Waals surface area contributed by atoms with Crippen molar-refractivity contribution in [3.8, 4) is 0 Å². The summed E-state index contributed by atoms with van der Waals surface area (Å²) in [5.41, 5.74) is 1.58. The van der Waals surface area contributed by atoms with Gasteiger partial charge in [0.05, 0.1) is 12.6 Å². The van der Waals surface area contributed by atoms with Crippen LogP contribution in [0.25, 0.3) is 0 Å². The largest absolute Gasteiger partial charge is 0.336 e. The van der Waals surface area contributed by atoms with Crippen molar-refractivity contribution in [2.24, 2.45) is 17.3 Å². The molecule has 90 valence electrons. The minimum atomic E-state index is -3.48. The number of hydrogen-bond acceptors (Lipinski definition) is 3. The molecule has 0 aromatic rings. The van der Waals surface area contributed by atoms with E-state index in [1.807, 2.05) is 0 Å². The highest BCUT2D eigenvalue weighted by molar-refractivity contribution is 7.85. The first kappa shape index (κ1) is 10.7. The third-order valence-corrected chi connectivity index (χ3v) is 5.61. The molecule has 4 rings (SSSR count). The van der Waals surface area contributed by atoms with E-state index in [4.69, 9.17) is 4.18 Å². The lowest BCUT2D eigenvalue weighted by molar-refractivity contribution is -0.0106. The second-order valence-electron chi connectivity index (χ2n) is 5.66. The zero-order valence-electron chi connectivity index (χ0n) is 9.56. The summed E-state index contributed by atoms with van der Waals surface area (Å²) in [5.74, 6) is 1.31. The average molecular weight is 243 g/mol. The highest BCUT2D eigenvalue weighted by Crippen LogP contribution is 2.59. The molecule has 1 aliphatic heterocycles. The van der Waals surface area contributed by atoms with Gasteiger partial charge in [-0.2, -0.15) is 13.1 Å². The van der Waals surface area contributed by atoms with Crippen LogP contribution in [0.2, 0.25) is 0 Å². The fourth-order valence-electron chi connectivity index (χ4n) is 3.35. The van der Waals surface area contributed by atoms with E-state index in [1.165, 1.54) is 12.0 Å². The normalized spacial score (nSPS) is 43.6. The van der Waals surface area contributed by atoms with Crippen LogP contribution in [0.3, 0.4) is 0 Å². The van der Waals surface area contributed by atoms with Gasteiger partial charge < -0.3 is 0 Å². The molecule has 0 aromatic heterocycles. The highest BCUT2D eigenvalue weighted by Gasteiger charge is 2.53. The third-order valence-electron chi connectivity index (χ3n) is 4.59. The van der Waals surface area contributed by atoms with Crippen molar-refractivity contribution in [2.75, 3.05) is 6.61 Å². The van der Waals surface area contributed by atoms with Crippen molar-refractivity contribution >= 4 is 10.3 Å². The van der Waals surface area contributed by atoms with Crippen molar-refractivity contribution in [2.45, 2.75) is 32.7 Å². The van der Waals surface area contributed by atoms with Crippen LogP contribution in [0.1, 0.15) is 26.7 Å². The van der Waals surface area contributed by atoms with Gasteiger partial charge in [-0.1, -0.05) is 25.5 Å². The van der Waals surface area contributed by atoms with Gasteiger partial charge in [-0.05, 0) is 30.1 Å². The number of hydrogen-bond donors (Lipinski definition) is 1. The Kier molecular flexibility index (Phi) is 2.07. The summed E-state index contributed by atoms with van der Waals surface area (Å²) >= 11 is 0. The molecule has 0 aromatic carbocycles. The zero-order valence-corrected chi connectivity index (χ0v) is 10.4. The van der Waals surface area contributed by atoms with Gasteiger partial charge in [-0.3, -0.25) is 4.18 Å². The molecule has 5 heteroatoms. The van der Waals surface area contributed by atoms with E-state index < -0.39 is 10.3 Å². The Balaban J connectivity index is 1.85. The maximum Gasteiger partial charge on any atom is 0.336 e. The second kappa shape index (κ2) is 3.09. The van der Waals surface area contributed by atoms with Gasteiger partial charge >= 0.3 is 10.3 Å². The first-order valence-corrected chi connectivity index (χ1v) is 7.17. The van der Waals surface area contributed by atoms with Crippen LogP contribution in [0.4, 0.5) is 0 Å². The van der Waals surface area contributed by atoms with Crippen LogP contribution in [-0.2, 0) is 14.5 Å². The summed E-state index contributed by atoms with van der Waals surface area (Å²) in [5, 5.41) is 0. The molecular weight excluding hydrogens is 226 g/mol. The first-order valence-electron chi connectivity index (χ1n) is 5.77. The van der Waals surface area contributed by atoms with E-state index in [0.29, 0.717) is 11.3 Å². The molecule has 1 saturated carbocycles. The second-order valence-corrected chi connectivity index (χ2v) is 7.04. The summed E-state index contributed by atoms with van der Waals surface area (Å²) in [6.45, 7) is 4.82. The zero-order chi connectivity index (χ0) is 11.6. The summed E-state index contributed by atoms with van der Waals surface area (Å²) in [4.78, 5) is 0. The van der Waals surface area contributed by atoms with Crippen molar-refractivity contribution in [3.05, 3.63) is 11.6 Å². The number of fused-ring (bicyclic) bond motifs is 1. The van der Waals surface area contributed by atoms with Gasteiger partial charge in [0.25, 0.3) is 0 Å². The van der Waals surface area contributed by atoms with Crippen LogP contribution in [0, 0.1) is 17.3 Å². The molecule has 1 unspecified atom stereocenters. The standard InChI is InChI=1S/C11H17NO3S/c1-11(2)7-3-4-8(9(11)5-7)10-6-15-16(13,14)12-10/h4,7,9-10,12H,3,5-6H2,1-2H3/t7-,9-,10?/m0/s1. The Morgan fingerprint density at radius 3 is 2.75 bits per heavy atom. The smallest absolute Gasteiger partial charge is 0.256 e. The van der Waals surface area contributed by atoms with E-state index in [-0.39, 0.29) is 12.6 Å². The molecular formula is C11H17NO3S. The fraction of sp³-hybridized carbons (Fsp3) is 0.818. The van der Waals surface area contributed by atoms with E-state index in [9.17, 15) is 8.42 Å². The SMILES string of the molecule is CC1(C)[C@H]2CC=C(C3COS(=O)(=O)N3)[C@@H]1C2. The molecule has 0 spiro atoms.